The fourth-order valence-electron chi connectivity index (χ4n) is 4.20. The van der Waals surface area contributed by atoms with Crippen LogP contribution in [-0.2, 0) is 18.3 Å². The van der Waals surface area contributed by atoms with E-state index >= 15 is 0 Å². The van der Waals surface area contributed by atoms with E-state index in [2.05, 4.69) is 91.6 Å². The number of nitrogens with zero attached hydrogens (tertiary/aromatic N) is 3. The van der Waals surface area contributed by atoms with Gasteiger partial charge in [0.15, 0.2) is 22.9 Å². The molecule has 1 rings (SSSR count). The SMILES string of the molecule is CCCCCCCCCCO[C@H]1[C@H](C)[C@@H](CO[Si](C)(C)C(C)(C)C)O[C@@H](O[Si](C)(C)C(C)(C)C)[C@@H]1N=[N+]=[N-]. The molecule has 0 aromatic heterocycles. The Morgan fingerprint density at radius 1 is 0.842 bits per heavy atom. The lowest BCUT2D eigenvalue weighted by Crippen LogP contribution is -2.59. The molecular weight excluding hydrogens is 511 g/mol. The Hall–Kier alpha value is -0.416. The summed E-state index contributed by atoms with van der Waals surface area (Å²) in [5.41, 5.74) is 9.48. The second-order valence-electron chi connectivity index (χ2n) is 14.4. The van der Waals surface area contributed by atoms with Gasteiger partial charge in [-0.05, 0) is 48.2 Å². The molecule has 0 aromatic carbocycles. The second kappa shape index (κ2) is 15.5. The van der Waals surface area contributed by atoms with Crippen molar-refractivity contribution < 1.29 is 18.3 Å². The van der Waals surface area contributed by atoms with Crippen LogP contribution in [0.5, 0.6) is 0 Å². The molecule has 0 amide bonds. The molecule has 5 atom stereocenters. The summed E-state index contributed by atoms with van der Waals surface area (Å²) in [5.74, 6) is 0.0172. The zero-order valence-corrected chi connectivity index (χ0v) is 28.9. The van der Waals surface area contributed by atoms with Gasteiger partial charge in [0, 0.05) is 17.4 Å². The summed E-state index contributed by atoms with van der Waals surface area (Å²) in [6, 6.07) is -0.526. The van der Waals surface area contributed by atoms with Crippen LogP contribution in [0.3, 0.4) is 0 Å². The number of rotatable bonds is 16. The molecule has 224 valence electrons. The Morgan fingerprint density at radius 2 is 1.37 bits per heavy atom. The molecule has 0 bridgehead atoms. The third-order valence-electron chi connectivity index (χ3n) is 9.15. The van der Waals surface area contributed by atoms with Crippen molar-refractivity contribution in [1.82, 2.24) is 0 Å². The first-order valence-corrected chi connectivity index (χ1v) is 20.9. The van der Waals surface area contributed by atoms with Crippen LogP contribution in [-0.4, -0.2) is 54.4 Å². The molecule has 0 aromatic rings. The minimum Gasteiger partial charge on any atom is -0.414 e. The Balaban J connectivity index is 3.01. The van der Waals surface area contributed by atoms with Crippen LogP contribution in [0.2, 0.25) is 36.3 Å². The van der Waals surface area contributed by atoms with E-state index in [0.29, 0.717) is 13.2 Å². The molecule has 1 saturated heterocycles. The molecular formula is C29H61N3O4Si2. The fourth-order valence-corrected chi connectivity index (χ4v) is 6.35. The zero-order chi connectivity index (χ0) is 29.2. The van der Waals surface area contributed by atoms with Gasteiger partial charge in [-0.3, -0.25) is 0 Å². The van der Waals surface area contributed by atoms with E-state index in [4.69, 9.17) is 18.3 Å². The molecule has 1 aliphatic heterocycles. The molecule has 0 saturated carbocycles. The Labute approximate surface area is 237 Å². The summed E-state index contributed by atoms with van der Waals surface area (Å²) in [4.78, 5) is 3.20. The van der Waals surface area contributed by atoms with Crippen LogP contribution in [0.1, 0.15) is 107 Å². The van der Waals surface area contributed by atoms with Gasteiger partial charge in [0.2, 0.25) is 0 Å². The average Bonchev–Trinajstić information content (AvgIpc) is 2.78. The molecule has 0 radical (unpaired) electrons. The maximum absolute atomic E-state index is 9.48. The van der Waals surface area contributed by atoms with Crippen molar-refractivity contribution in [3.05, 3.63) is 10.4 Å². The molecule has 0 N–H and O–H groups in total. The van der Waals surface area contributed by atoms with Crippen molar-refractivity contribution >= 4 is 16.6 Å². The predicted octanol–water partition coefficient (Wildman–Crippen LogP) is 9.60. The second-order valence-corrected chi connectivity index (χ2v) is 23.9. The summed E-state index contributed by atoms with van der Waals surface area (Å²) in [7, 11) is -4.15. The topological polar surface area (TPSA) is 85.7 Å². The van der Waals surface area contributed by atoms with Gasteiger partial charge in [-0.15, -0.1) is 0 Å². The Kier molecular flexibility index (Phi) is 14.6. The maximum Gasteiger partial charge on any atom is 0.195 e. The van der Waals surface area contributed by atoms with Crippen LogP contribution in [0.25, 0.3) is 10.4 Å². The molecule has 7 nitrogen and oxygen atoms in total. The van der Waals surface area contributed by atoms with Gasteiger partial charge in [0.1, 0.15) is 6.04 Å². The van der Waals surface area contributed by atoms with Crippen molar-refractivity contribution in [3.63, 3.8) is 0 Å². The van der Waals surface area contributed by atoms with Gasteiger partial charge >= 0.3 is 0 Å². The third kappa shape index (κ3) is 10.9. The maximum atomic E-state index is 9.48. The van der Waals surface area contributed by atoms with Crippen molar-refractivity contribution in [2.75, 3.05) is 13.2 Å². The van der Waals surface area contributed by atoms with E-state index in [0.717, 1.165) is 12.8 Å². The van der Waals surface area contributed by atoms with Crippen molar-refractivity contribution in [2.45, 2.75) is 168 Å². The van der Waals surface area contributed by atoms with Crippen LogP contribution < -0.4 is 0 Å². The highest BCUT2D eigenvalue weighted by atomic mass is 28.4. The highest BCUT2D eigenvalue weighted by molar-refractivity contribution is 6.74. The van der Waals surface area contributed by atoms with Crippen LogP contribution in [0.15, 0.2) is 5.11 Å². The number of hydrogen-bond donors (Lipinski definition) is 0. The van der Waals surface area contributed by atoms with Gasteiger partial charge in [-0.1, -0.05) is 105 Å². The van der Waals surface area contributed by atoms with Crippen molar-refractivity contribution in [1.29, 1.82) is 0 Å². The van der Waals surface area contributed by atoms with E-state index in [1.165, 1.54) is 38.5 Å². The number of ether oxygens (including phenoxy) is 2. The summed E-state index contributed by atoms with van der Waals surface area (Å²) in [6.07, 6.45) is 8.91. The normalized spacial score (nSPS) is 25.3. The molecule has 0 spiro atoms. The first-order chi connectivity index (χ1) is 17.5. The van der Waals surface area contributed by atoms with Crippen LogP contribution >= 0.6 is 0 Å². The first-order valence-electron chi connectivity index (χ1n) is 15.1. The molecule has 1 aliphatic rings. The van der Waals surface area contributed by atoms with Gasteiger partial charge in [-0.2, -0.15) is 0 Å². The minimum atomic E-state index is -2.19. The number of hydrogen-bond acceptors (Lipinski definition) is 5. The molecule has 0 aliphatic carbocycles. The van der Waals surface area contributed by atoms with Crippen molar-refractivity contribution in [3.8, 4) is 0 Å². The van der Waals surface area contributed by atoms with Crippen LogP contribution in [0, 0.1) is 5.92 Å². The highest BCUT2D eigenvalue weighted by Crippen LogP contribution is 2.42. The van der Waals surface area contributed by atoms with E-state index in [1.54, 1.807) is 0 Å². The zero-order valence-electron chi connectivity index (χ0n) is 26.9. The lowest BCUT2D eigenvalue weighted by atomic mass is 9.89. The van der Waals surface area contributed by atoms with Gasteiger partial charge in [0.05, 0.1) is 18.8 Å². The molecule has 1 fully saturated rings. The molecule has 1 heterocycles. The molecule has 38 heavy (non-hydrogen) atoms. The van der Waals surface area contributed by atoms with E-state index in [-0.39, 0.29) is 28.2 Å². The van der Waals surface area contributed by atoms with E-state index < -0.39 is 29.0 Å². The summed E-state index contributed by atoms with van der Waals surface area (Å²) >= 11 is 0. The van der Waals surface area contributed by atoms with Crippen molar-refractivity contribution in [2.24, 2.45) is 11.0 Å². The number of unbranched alkanes of at least 4 members (excludes halogenated alkanes) is 7. The summed E-state index contributed by atoms with van der Waals surface area (Å²) in [5, 5.41) is 4.31. The molecule has 9 heteroatoms. The lowest BCUT2D eigenvalue weighted by molar-refractivity contribution is -0.230. The smallest absolute Gasteiger partial charge is 0.195 e. The van der Waals surface area contributed by atoms with E-state index in [1.807, 2.05) is 0 Å². The quantitative estimate of drug-likeness (QED) is 0.0606. The predicted molar refractivity (Wildman–Crippen MR) is 165 cm³/mol. The number of azide groups is 1. The Bertz CT molecular complexity index is 730. The van der Waals surface area contributed by atoms with Gasteiger partial charge in [0.25, 0.3) is 0 Å². The summed E-state index contributed by atoms with van der Waals surface area (Å²) in [6.45, 7) is 27.9. The Morgan fingerprint density at radius 3 is 1.87 bits per heavy atom. The minimum absolute atomic E-state index is 0.000942. The van der Waals surface area contributed by atoms with Crippen LogP contribution in [0.4, 0.5) is 0 Å². The lowest BCUT2D eigenvalue weighted by Gasteiger charge is -2.48. The highest BCUT2D eigenvalue weighted by Gasteiger charge is 2.49. The summed E-state index contributed by atoms with van der Waals surface area (Å²) < 4.78 is 26.4. The van der Waals surface area contributed by atoms with Gasteiger partial charge < -0.3 is 18.3 Å². The largest absolute Gasteiger partial charge is 0.414 e. The first kappa shape index (κ1) is 35.6. The average molecular weight is 572 g/mol. The van der Waals surface area contributed by atoms with E-state index in [9.17, 15) is 5.53 Å². The standard InChI is InChI=1S/C29H61N3O4Si2/c1-13-14-15-16-17-18-19-20-21-33-26-23(2)24(22-34-37(9,10)28(3,4)5)35-27(25(26)31-32-30)36-38(11,12)29(6,7)8/h23-27H,13-22H2,1-12H3/t23-,24-,25-,26+,27+/m1/s1. The fraction of sp³-hybridized carbons (Fsp3) is 1.00. The van der Waals surface area contributed by atoms with Gasteiger partial charge in [-0.25, -0.2) is 0 Å². The third-order valence-corrected chi connectivity index (χ3v) is 18.1. The monoisotopic (exact) mass is 571 g/mol. The molecule has 0 unspecified atom stereocenters.